The second kappa shape index (κ2) is 11.6. The molecule has 7 heteroatoms. The van der Waals surface area contributed by atoms with Gasteiger partial charge in [-0.2, -0.15) is 5.10 Å². The number of anilines is 1. The van der Waals surface area contributed by atoms with Crippen LogP contribution in [0.4, 0.5) is 5.69 Å². The van der Waals surface area contributed by atoms with E-state index in [1.54, 1.807) is 42.7 Å². The van der Waals surface area contributed by atoms with Crippen LogP contribution in [0.15, 0.2) is 91.4 Å². The van der Waals surface area contributed by atoms with Crippen LogP contribution in [-0.2, 0) is 11.3 Å². The maximum Gasteiger partial charge on any atom is 0.253 e. The van der Waals surface area contributed by atoms with E-state index in [9.17, 15) is 9.59 Å². The summed E-state index contributed by atoms with van der Waals surface area (Å²) in [6.07, 6.45) is 9.38. The minimum absolute atomic E-state index is 0.215. The quantitative estimate of drug-likeness (QED) is 0.348. The van der Waals surface area contributed by atoms with Crippen LogP contribution in [0.1, 0.15) is 34.8 Å². The predicted octanol–water partition coefficient (Wildman–Crippen LogP) is 4.79. The van der Waals surface area contributed by atoms with Crippen molar-refractivity contribution in [3.63, 3.8) is 0 Å². The number of carbonyl (C=O) groups excluding carboxylic acids is 2. The highest BCUT2D eigenvalue weighted by Gasteiger charge is 2.13. The Kier molecular flexibility index (Phi) is 7.81. The Bertz CT molecular complexity index is 1310. The van der Waals surface area contributed by atoms with Gasteiger partial charge in [0.1, 0.15) is 5.69 Å². The van der Waals surface area contributed by atoms with Crippen molar-refractivity contribution in [3.8, 4) is 11.3 Å². The molecule has 0 aliphatic carbocycles. The van der Waals surface area contributed by atoms with E-state index in [0.29, 0.717) is 24.3 Å². The molecule has 2 aromatic carbocycles. The standard InChI is InChI=1S/C28H27N5O2/c1-2-16-30-28(35)24-12-6-7-13-25(24)31-26(34)15-14-23-20-33(19-21-9-4-3-5-10-21)32-27(23)22-11-8-17-29-18-22/h3-15,17-18,20H,2,16,19H2,1H3,(H,30,35)(H,31,34)/b15-14+. The molecule has 0 aliphatic heterocycles. The predicted molar refractivity (Wildman–Crippen MR) is 138 cm³/mol. The van der Waals surface area contributed by atoms with Crippen molar-refractivity contribution >= 4 is 23.6 Å². The van der Waals surface area contributed by atoms with Crippen molar-refractivity contribution in [1.82, 2.24) is 20.1 Å². The number of carbonyl (C=O) groups is 2. The van der Waals surface area contributed by atoms with Gasteiger partial charge in [-0.1, -0.05) is 49.4 Å². The Morgan fingerprint density at radius 1 is 1.00 bits per heavy atom. The molecule has 0 bridgehead atoms. The summed E-state index contributed by atoms with van der Waals surface area (Å²) in [6, 6.07) is 20.8. The van der Waals surface area contributed by atoms with Gasteiger partial charge >= 0.3 is 0 Å². The minimum Gasteiger partial charge on any atom is -0.352 e. The lowest BCUT2D eigenvalue weighted by atomic mass is 10.1. The highest BCUT2D eigenvalue weighted by atomic mass is 16.2. The third-order valence-corrected chi connectivity index (χ3v) is 5.29. The molecule has 2 aromatic heterocycles. The van der Waals surface area contributed by atoms with Gasteiger partial charge in [0.15, 0.2) is 0 Å². The summed E-state index contributed by atoms with van der Waals surface area (Å²) in [5, 5.41) is 10.4. The van der Waals surface area contributed by atoms with Crippen LogP contribution in [0, 0.1) is 0 Å². The van der Waals surface area contributed by atoms with Crippen LogP contribution in [0.25, 0.3) is 17.3 Å². The van der Waals surface area contributed by atoms with E-state index < -0.39 is 0 Å². The van der Waals surface area contributed by atoms with E-state index in [4.69, 9.17) is 5.10 Å². The van der Waals surface area contributed by atoms with Gasteiger partial charge in [-0.25, -0.2) is 0 Å². The molecule has 4 aromatic rings. The van der Waals surface area contributed by atoms with Gasteiger partial charge in [-0.15, -0.1) is 0 Å². The zero-order valence-electron chi connectivity index (χ0n) is 19.5. The smallest absolute Gasteiger partial charge is 0.253 e. The van der Waals surface area contributed by atoms with Crippen LogP contribution in [0.2, 0.25) is 0 Å². The SMILES string of the molecule is CCCNC(=O)c1ccccc1NC(=O)/C=C/c1cn(Cc2ccccc2)nc1-c1cccnc1. The third kappa shape index (κ3) is 6.29. The van der Waals surface area contributed by atoms with E-state index in [1.807, 2.05) is 60.3 Å². The maximum absolute atomic E-state index is 12.8. The van der Waals surface area contributed by atoms with Gasteiger partial charge in [-0.05, 0) is 42.3 Å². The summed E-state index contributed by atoms with van der Waals surface area (Å²) in [6.45, 7) is 3.17. The van der Waals surface area contributed by atoms with Gasteiger partial charge in [-0.3, -0.25) is 19.3 Å². The Balaban J connectivity index is 1.55. The van der Waals surface area contributed by atoms with Crippen LogP contribution < -0.4 is 10.6 Å². The zero-order valence-corrected chi connectivity index (χ0v) is 19.5. The van der Waals surface area contributed by atoms with Crippen LogP contribution >= 0.6 is 0 Å². The molecule has 0 spiro atoms. The fourth-order valence-electron chi connectivity index (χ4n) is 3.60. The zero-order chi connectivity index (χ0) is 24.5. The molecule has 0 fully saturated rings. The number of benzene rings is 2. The van der Waals surface area contributed by atoms with Crippen molar-refractivity contribution in [2.45, 2.75) is 19.9 Å². The molecule has 0 radical (unpaired) electrons. The van der Waals surface area contributed by atoms with Gasteiger partial charge < -0.3 is 10.6 Å². The van der Waals surface area contributed by atoms with E-state index >= 15 is 0 Å². The average molecular weight is 466 g/mol. The average Bonchev–Trinajstić information content (AvgIpc) is 3.30. The molecule has 2 N–H and O–H groups in total. The molecule has 2 amide bonds. The number of rotatable bonds is 9. The number of pyridine rings is 1. The number of aromatic nitrogens is 3. The third-order valence-electron chi connectivity index (χ3n) is 5.29. The molecule has 7 nitrogen and oxygen atoms in total. The lowest BCUT2D eigenvalue weighted by Gasteiger charge is -2.09. The molecule has 0 aliphatic rings. The first-order valence-corrected chi connectivity index (χ1v) is 11.5. The molecule has 35 heavy (non-hydrogen) atoms. The fourth-order valence-corrected chi connectivity index (χ4v) is 3.60. The summed E-state index contributed by atoms with van der Waals surface area (Å²) in [5.41, 5.74) is 4.39. The monoisotopic (exact) mass is 465 g/mol. The summed E-state index contributed by atoms with van der Waals surface area (Å²) >= 11 is 0. The topological polar surface area (TPSA) is 88.9 Å². The first kappa shape index (κ1) is 23.6. The summed E-state index contributed by atoms with van der Waals surface area (Å²) in [4.78, 5) is 29.4. The highest BCUT2D eigenvalue weighted by Crippen LogP contribution is 2.23. The van der Waals surface area contributed by atoms with Crippen molar-refractivity contribution < 1.29 is 9.59 Å². The van der Waals surface area contributed by atoms with Gasteiger partial charge in [0, 0.05) is 42.3 Å². The molecule has 0 atom stereocenters. The van der Waals surface area contributed by atoms with Crippen LogP contribution in [0.3, 0.4) is 0 Å². The van der Waals surface area contributed by atoms with E-state index in [1.165, 1.54) is 6.08 Å². The van der Waals surface area contributed by atoms with E-state index in [0.717, 1.165) is 28.8 Å². The molecule has 4 rings (SSSR count). The number of amides is 2. The molecular weight excluding hydrogens is 438 g/mol. The second-order valence-electron chi connectivity index (χ2n) is 7.98. The molecule has 0 saturated carbocycles. The molecule has 176 valence electrons. The summed E-state index contributed by atoms with van der Waals surface area (Å²) in [7, 11) is 0. The van der Waals surface area contributed by atoms with E-state index in [2.05, 4.69) is 15.6 Å². The van der Waals surface area contributed by atoms with Crippen molar-refractivity contribution in [3.05, 3.63) is 108 Å². The van der Waals surface area contributed by atoms with Crippen molar-refractivity contribution in [2.24, 2.45) is 0 Å². The van der Waals surface area contributed by atoms with Crippen LogP contribution in [0.5, 0.6) is 0 Å². The Morgan fingerprint density at radius 2 is 1.80 bits per heavy atom. The van der Waals surface area contributed by atoms with Crippen molar-refractivity contribution in [2.75, 3.05) is 11.9 Å². The minimum atomic E-state index is -0.339. The van der Waals surface area contributed by atoms with E-state index in [-0.39, 0.29) is 11.8 Å². The van der Waals surface area contributed by atoms with Gasteiger partial charge in [0.25, 0.3) is 5.91 Å². The lowest BCUT2D eigenvalue weighted by molar-refractivity contribution is -0.111. The largest absolute Gasteiger partial charge is 0.352 e. The summed E-state index contributed by atoms with van der Waals surface area (Å²) in [5.74, 6) is -0.554. The van der Waals surface area contributed by atoms with Gasteiger partial charge in [0.2, 0.25) is 5.91 Å². The fraction of sp³-hybridized carbons (Fsp3) is 0.143. The number of nitrogens with one attached hydrogen (secondary N) is 2. The summed E-state index contributed by atoms with van der Waals surface area (Å²) < 4.78 is 1.85. The first-order valence-electron chi connectivity index (χ1n) is 11.5. The maximum atomic E-state index is 12.8. The number of hydrogen-bond acceptors (Lipinski definition) is 4. The molecular formula is C28H27N5O2. The van der Waals surface area contributed by atoms with Gasteiger partial charge in [0.05, 0.1) is 17.8 Å². The Morgan fingerprint density at radius 3 is 2.57 bits per heavy atom. The second-order valence-corrected chi connectivity index (χ2v) is 7.98. The van der Waals surface area contributed by atoms with Crippen molar-refractivity contribution in [1.29, 1.82) is 0 Å². The normalized spacial score (nSPS) is 10.9. The molecule has 0 unspecified atom stereocenters. The Labute approximate surface area is 204 Å². The molecule has 2 heterocycles. The first-order chi connectivity index (χ1) is 17.1. The Hall–Kier alpha value is -4.52. The number of hydrogen-bond donors (Lipinski definition) is 2. The molecule has 0 saturated heterocycles. The number of para-hydroxylation sites is 1. The number of nitrogens with zero attached hydrogens (tertiary/aromatic N) is 3. The van der Waals surface area contributed by atoms with Crippen LogP contribution in [-0.4, -0.2) is 33.1 Å². The lowest BCUT2D eigenvalue weighted by Crippen LogP contribution is -2.25. The highest BCUT2D eigenvalue weighted by molar-refractivity contribution is 6.07.